The Morgan fingerprint density at radius 2 is 1.43 bits per heavy atom. The summed E-state index contributed by atoms with van der Waals surface area (Å²) >= 11 is 0. The molecule has 37 heavy (non-hydrogen) atoms. The number of methoxy groups -OCH3 is 1. The number of rotatable bonds is 10. The van der Waals surface area contributed by atoms with Crippen molar-refractivity contribution in [1.29, 1.82) is 0 Å². The van der Waals surface area contributed by atoms with Gasteiger partial charge in [-0.15, -0.1) is 0 Å². The van der Waals surface area contributed by atoms with E-state index in [1.54, 1.807) is 25.5 Å². The molecule has 186 valence electrons. The predicted octanol–water partition coefficient (Wildman–Crippen LogP) is 5.78. The number of ether oxygens (including phenoxy) is 1. The minimum absolute atomic E-state index is 0.0151. The van der Waals surface area contributed by atoms with E-state index >= 15 is 0 Å². The molecule has 11 nitrogen and oxygen atoms in total. The molecule has 3 N–H and O–H groups in total. The molecular formula is C26H24N8O3. The van der Waals surface area contributed by atoms with Gasteiger partial charge in [-0.3, -0.25) is 10.1 Å². The van der Waals surface area contributed by atoms with Crippen LogP contribution in [0, 0.1) is 10.1 Å². The first-order valence-electron chi connectivity index (χ1n) is 11.2. The van der Waals surface area contributed by atoms with E-state index in [-0.39, 0.29) is 23.5 Å². The van der Waals surface area contributed by atoms with Gasteiger partial charge in [0.25, 0.3) is 5.69 Å². The molecule has 0 bridgehead atoms. The van der Waals surface area contributed by atoms with E-state index in [9.17, 15) is 10.1 Å². The van der Waals surface area contributed by atoms with E-state index < -0.39 is 4.92 Å². The zero-order valence-electron chi connectivity index (χ0n) is 20.1. The number of hydrogen-bond acceptors (Lipinski definition) is 10. The third kappa shape index (κ3) is 7.33. The number of anilines is 5. The number of non-ortho nitro benzene ring substituents is 1. The summed E-state index contributed by atoms with van der Waals surface area (Å²) in [6, 6.07) is 23.1. The summed E-state index contributed by atoms with van der Waals surface area (Å²) in [6.07, 6.45) is 3.66. The summed E-state index contributed by atoms with van der Waals surface area (Å²) in [6.45, 7) is 1.93. The Labute approximate surface area is 213 Å². The molecule has 0 amide bonds. The Hall–Kier alpha value is -5.32. The molecule has 0 spiro atoms. The number of hydrazone groups is 1. The van der Waals surface area contributed by atoms with Crippen LogP contribution in [0.4, 0.5) is 34.9 Å². The van der Waals surface area contributed by atoms with Gasteiger partial charge in [-0.1, -0.05) is 36.4 Å². The number of benzene rings is 3. The van der Waals surface area contributed by atoms with Crippen LogP contribution in [0.1, 0.15) is 12.5 Å². The number of nitrogens with one attached hydrogen (secondary N) is 3. The molecule has 0 saturated heterocycles. The molecule has 0 aliphatic carbocycles. The van der Waals surface area contributed by atoms with Gasteiger partial charge in [0.15, 0.2) is 0 Å². The summed E-state index contributed by atoms with van der Waals surface area (Å²) in [5, 5.41) is 21.3. The van der Waals surface area contributed by atoms with Crippen molar-refractivity contribution in [3.63, 3.8) is 0 Å². The second-order valence-electron chi connectivity index (χ2n) is 7.76. The molecule has 1 heterocycles. The molecule has 0 radical (unpaired) electrons. The average Bonchev–Trinajstić information content (AvgIpc) is 2.90. The molecule has 4 rings (SSSR count). The molecule has 0 unspecified atom stereocenters. The van der Waals surface area contributed by atoms with Gasteiger partial charge in [-0.05, 0) is 54.5 Å². The van der Waals surface area contributed by atoms with Crippen molar-refractivity contribution >= 4 is 47.2 Å². The molecule has 3 aromatic carbocycles. The number of nitro groups is 1. The summed E-state index contributed by atoms with van der Waals surface area (Å²) in [4.78, 5) is 23.6. The number of aromatic nitrogens is 3. The Balaban J connectivity index is 1.55. The Kier molecular flexibility index (Phi) is 7.97. The minimum Gasteiger partial charge on any atom is -0.497 e. The van der Waals surface area contributed by atoms with Crippen LogP contribution in [0.25, 0.3) is 6.08 Å². The molecule has 0 fully saturated rings. The fourth-order valence-electron chi connectivity index (χ4n) is 3.18. The standard InChI is InChI=1S/C26H24N8O3/c1-18(16-19-6-4-3-5-7-19)17-27-33-26-31-24(28-20-8-12-22(13-9-20)34(35)36)30-25(32-26)29-21-10-14-23(37-2)15-11-21/h3-17H,1-2H3,(H3,28,29,30,31,32,33). The highest BCUT2D eigenvalue weighted by Crippen LogP contribution is 2.22. The van der Waals surface area contributed by atoms with E-state index in [2.05, 4.69) is 36.1 Å². The lowest BCUT2D eigenvalue weighted by atomic mass is 10.1. The van der Waals surface area contributed by atoms with Gasteiger partial charge in [0.1, 0.15) is 5.75 Å². The van der Waals surface area contributed by atoms with Gasteiger partial charge >= 0.3 is 0 Å². The summed E-state index contributed by atoms with van der Waals surface area (Å²) in [7, 11) is 1.60. The maximum absolute atomic E-state index is 10.9. The largest absolute Gasteiger partial charge is 0.497 e. The Morgan fingerprint density at radius 1 is 0.865 bits per heavy atom. The highest BCUT2D eigenvalue weighted by molar-refractivity contribution is 5.85. The van der Waals surface area contributed by atoms with Crippen LogP contribution in [0.2, 0.25) is 0 Å². The lowest BCUT2D eigenvalue weighted by Gasteiger charge is -2.10. The van der Waals surface area contributed by atoms with Crippen LogP contribution in [0.5, 0.6) is 5.75 Å². The highest BCUT2D eigenvalue weighted by Gasteiger charge is 2.09. The van der Waals surface area contributed by atoms with Crippen LogP contribution < -0.4 is 20.8 Å². The molecule has 0 saturated carbocycles. The van der Waals surface area contributed by atoms with Gasteiger partial charge in [0.05, 0.1) is 18.2 Å². The molecule has 0 aliphatic heterocycles. The number of hydrogen-bond donors (Lipinski definition) is 3. The second-order valence-corrected chi connectivity index (χ2v) is 7.76. The van der Waals surface area contributed by atoms with E-state index in [0.29, 0.717) is 5.69 Å². The third-order valence-corrected chi connectivity index (χ3v) is 4.94. The zero-order chi connectivity index (χ0) is 26.0. The van der Waals surface area contributed by atoms with Crippen molar-refractivity contribution in [2.24, 2.45) is 5.10 Å². The maximum Gasteiger partial charge on any atom is 0.269 e. The van der Waals surface area contributed by atoms with E-state index in [1.165, 1.54) is 12.1 Å². The van der Waals surface area contributed by atoms with Crippen LogP contribution >= 0.6 is 0 Å². The number of allylic oxidation sites excluding steroid dienone is 1. The number of nitro benzene ring substituents is 1. The smallest absolute Gasteiger partial charge is 0.269 e. The van der Waals surface area contributed by atoms with Crippen LogP contribution in [-0.2, 0) is 0 Å². The normalized spacial score (nSPS) is 11.2. The third-order valence-electron chi connectivity index (χ3n) is 4.94. The highest BCUT2D eigenvalue weighted by atomic mass is 16.6. The van der Waals surface area contributed by atoms with Gasteiger partial charge in [-0.25, -0.2) is 5.43 Å². The van der Waals surface area contributed by atoms with Crippen molar-refractivity contribution in [1.82, 2.24) is 15.0 Å². The van der Waals surface area contributed by atoms with Crippen molar-refractivity contribution in [3.8, 4) is 5.75 Å². The van der Waals surface area contributed by atoms with E-state index in [1.807, 2.05) is 67.6 Å². The minimum atomic E-state index is -0.460. The fraction of sp³-hybridized carbons (Fsp3) is 0.0769. The molecule has 11 heteroatoms. The maximum atomic E-state index is 10.9. The molecule has 4 aromatic rings. The second kappa shape index (κ2) is 11.9. The zero-order valence-corrected chi connectivity index (χ0v) is 20.1. The monoisotopic (exact) mass is 496 g/mol. The van der Waals surface area contributed by atoms with Crippen molar-refractivity contribution in [2.75, 3.05) is 23.2 Å². The van der Waals surface area contributed by atoms with Crippen LogP contribution in [0.15, 0.2) is 89.5 Å². The van der Waals surface area contributed by atoms with Crippen LogP contribution in [0.3, 0.4) is 0 Å². The van der Waals surface area contributed by atoms with Gasteiger partial charge in [-0.2, -0.15) is 20.1 Å². The quantitative estimate of drug-likeness (QED) is 0.142. The van der Waals surface area contributed by atoms with Gasteiger partial charge in [0, 0.05) is 23.5 Å². The lowest BCUT2D eigenvalue weighted by molar-refractivity contribution is -0.384. The lowest BCUT2D eigenvalue weighted by Crippen LogP contribution is -2.07. The molecule has 0 atom stereocenters. The Bertz CT molecular complexity index is 1410. The number of nitrogens with zero attached hydrogens (tertiary/aromatic N) is 5. The first-order valence-corrected chi connectivity index (χ1v) is 11.2. The van der Waals surface area contributed by atoms with Crippen molar-refractivity contribution < 1.29 is 9.66 Å². The Morgan fingerprint density at radius 3 is 2.00 bits per heavy atom. The molecular weight excluding hydrogens is 472 g/mol. The average molecular weight is 497 g/mol. The summed E-state index contributed by atoms with van der Waals surface area (Å²) in [5.74, 6) is 1.39. The topological polar surface area (TPSA) is 139 Å². The van der Waals surface area contributed by atoms with Crippen LogP contribution in [-0.4, -0.2) is 33.2 Å². The summed E-state index contributed by atoms with van der Waals surface area (Å²) < 4.78 is 5.20. The molecule has 1 aromatic heterocycles. The van der Waals surface area contributed by atoms with E-state index in [0.717, 1.165) is 22.6 Å². The van der Waals surface area contributed by atoms with E-state index in [4.69, 9.17) is 4.74 Å². The van der Waals surface area contributed by atoms with Gasteiger partial charge in [0.2, 0.25) is 17.8 Å². The SMILES string of the molecule is COc1ccc(Nc2nc(NN=CC(C)=Cc3ccccc3)nc(Nc3ccc([N+](=O)[O-])cc3)n2)cc1. The first-order chi connectivity index (χ1) is 18.0. The first kappa shape index (κ1) is 24.8. The fourth-order valence-corrected chi connectivity index (χ4v) is 3.18. The predicted molar refractivity (Wildman–Crippen MR) is 145 cm³/mol. The van der Waals surface area contributed by atoms with Gasteiger partial charge < -0.3 is 15.4 Å². The summed E-state index contributed by atoms with van der Waals surface area (Å²) in [5.41, 5.74) is 6.12. The van der Waals surface area contributed by atoms with Crippen molar-refractivity contribution in [3.05, 3.63) is 100 Å². The molecule has 0 aliphatic rings. The van der Waals surface area contributed by atoms with Crippen molar-refractivity contribution in [2.45, 2.75) is 6.92 Å².